The Morgan fingerprint density at radius 2 is 1.78 bits per heavy atom. The molecule has 1 aliphatic rings. The van der Waals surface area contributed by atoms with Crippen molar-refractivity contribution in [2.75, 3.05) is 20.8 Å². The van der Waals surface area contributed by atoms with E-state index in [2.05, 4.69) is 47.5 Å². The Hall–Kier alpha value is -2.86. The van der Waals surface area contributed by atoms with Gasteiger partial charge in [-0.2, -0.15) is 0 Å². The zero-order valence-electron chi connectivity index (χ0n) is 19.7. The van der Waals surface area contributed by atoms with Crippen molar-refractivity contribution < 1.29 is 19.1 Å². The summed E-state index contributed by atoms with van der Waals surface area (Å²) in [4.78, 5) is 27.1. The van der Waals surface area contributed by atoms with E-state index in [1.54, 1.807) is 7.11 Å². The molecule has 1 fully saturated rings. The number of likely N-dealkylation sites (tertiary alicyclic amines) is 1. The second kappa shape index (κ2) is 10.6. The van der Waals surface area contributed by atoms with Gasteiger partial charge in [-0.05, 0) is 61.9 Å². The molecule has 0 aromatic heterocycles. The van der Waals surface area contributed by atoms with Crippen LogP contribution in [0.2, 0.25) is 0 Å². The minimum absolute atomic E-state index is 0.0116. The minimum Gasteiger partial charge on any atom is -0.496 e. The van der Waals surface area contributed by atoms with Gasteiger partial charge >= 0.3 is 5.97 Å². The maximum absolute atomic E-state index is 12.6. The van der Waals surface area contributed by atoms with Crippen LogP contribution in [0.3, 0.4) is 0 Å². The fourth-order valence-corrected chi connectivity index (χ4v) is 4.34. The Labute approximate surface area is 190 Å². The molecule has 0 saturated carbocycles. The Morgan fingerprint density at radius 3 is 2.44 bits per heavy atom. The average Bonchev–Trinajstić information content (AvgIpc) is 3.17. The van der Waals surface area contributed by atoms with Gasteiger partial charge in [0.05, 0.1) is 14.2 Å². The first-order chi connectivity index (χ1) is 15.3. The molecule has 32 heavy (non-hydrogen) atoms. The number of hydrogen-bond acceptors (Lipinski definition) is 5. The predicted octanol–water partition coefficient (Wildman–Crippen LogP) is 3.49. The van der Waals surface area contributed by atoms with Gasteiger partial charge in [0.1, 0.15) is 11.8 Å². The van der Waals surface area contributed by atoms with E-state index >= 15 is 0 Å². The second-order valence-corrected chi connectivity index (χ2v) is 8.70. The highest BCUT2D eigenvalue weighted by atomic mass is 16.5. The summed E-state index contributed by atoms with van der Waals surface area (Å²) in [6.07, 6.45) is 1.68. The van der Waals surface area contributed by atoms with Crippen molar-refractivity contribution in [2.24, 2.45) is 0 Å². The van der Waals surface area contributed by atoms with Crippen LogP contribution in [0.15, 0.2) is 36.4 Å². The van der Waals surface area contributed by atoms with Crippen LogP contribution < -0.4 is 10.1 Å². The van der Waals surface area contributed by atoms with Gasteiger partial charge in [0.25, 0.3) is 0 Å². The fraction of sp³-hybridized carbons (Fsp3) is 0.462. The smallest absolute Gasteiger partial charge is 0.323 e. The lowest BCUT2D eigenvalue weighted by molar-refractivity contribution is -0.146. The molecule has 0 bridgehead atoms. The van der Waals surface area contributed by atoms with Gasteiger partial charge in [-0.1, -0.05) is 35.9 Å². The van der Waals surface area contributed by atoms with E-state index in [9.17, 15) is 9.59 Å². The average molecular weight is 439 g/mol. The Kier molecular flexibility index (Phi) is 7.91. The summed E-state index contributed by atoms with van der Waals surface area (Å²) >= 11 is 0. The van der Waals surface area contributed by atoms with E-state index in [-0.39, 0.29) is 24.0 Å². The predicted molar refractivity (Wildman–Crippen MR) is 125 cm³/mol. The van der Waals surface area contributed by atoms with E-state index in [0.29, 0.717) is 32.4 Å². The number of amides is 1. The maximum Gasteiger partial charge on any atom is 0.323 e. The number of rotatable bonds is 8. The highest BCUT2D eigenvalue weighted by Gasteiger charge is 2.38. The Morgan fingerprint density at radius 1 is 1.06 bits per heavy atom. The van der Waals surface area contributed by atoms with Gasteiger partial charge in [-0.15, -0.1) is 0 Å². The van der Waals surface area contributed by atoms with E-state index in [1.807, 2.05) is 19.9 Å². The number of hydrogen-bond donors (Lipinski definition) is 1. The topological polar surface area (TPSA) is 67.9 Å². The van der Waals surface area contributed by atoms with Crippen LogP contribution in [-0.4, -0.2) is 49.6 Å². The van der Waals surface area contributed by atoms with E-state index < -0.39 is 0 Å². The van der Waals surface area contributed by atoms with Crippen molar-refractivity contribution in [3.8, 4) is 5.75 Å². The van der Waals surface area contributed by atoms with Crippen LogP contribution in [0.4, 0.5) is 0 Å². The first-order valence-corrected chi connectivity index (χ1v) is 11.1. The van der Waals surface area contributed by atoms with E-state index in [0.717, 1.165) is 28.0 Å². The second-order valence-electron chi connectivity index (χ2n) is 8.70. The fourth-order valence-electron chi connectivity index (χ4n) is 4.34. The van der Waals surface area contributed by atoms with Gasteiger partial charge < -0.3 is 14.8 Å². The highest BCUT2D eigenvalue weighted by molar-refractivity contribution is 5.78. The molecule has 3 rings (SSSR count). The maximum atomic E-state index is 12.6. The van der Waals surface area contributed by atoms with E-state index in [4.69, 9.17) is 9.47 Å². The van der Waals surface area contributed by atoms with Crippen LogP contribution >= 0.6 is 0 Å². The first-order valence-electron chi connectivity index (χ1n) is 11.1. The standard InChI is InChI=1S/C26H34N2O4/c1-17-6-8-20(9-7-17)10-11-25(29)27-22-14-23(26(30)32-5)28(16-22)15-21-12-19(3)24(31-4)13-18(21)2/h6-9,12-13,22-23H,10-11,14-16H2,1-5H3,(H,27,29)/t22-,23+/m1/s1. The molecule has 2 atom stereocenters. The number of esters is 1. The number of ether oxygens (including phenoxy) is 2. The number of carbonyl (C=O) groups excluding carboxylic acids is 2. The molecule has 1 saturated heterocycles. The zero-order valence-corrected chi connectivity index (χ0v) is 19.7. The molecular weight excluding hydrogens is 404 g/mol. The third-order valence-corrected chi connectivity index (χ3v) is 6.23. The van der Waals surface area contributed by atoms with Gasteiger partial charge in [-0.3, -0.25) is 14.5 Å². The molecule has 0 aliphatic carbocycles. The normalized spacial score (nSPS) is 18.4. The summed E-state index contributed by atoms with van der Waals surface area (Å²) in [5.74, 6) is 0.609. The number of carbonyl (C=O) groups is 2. The van der Waals surface area contributed by atoms with Crippen LogP contribution in [0, 0.1) is 20.8 Å². The third kappa shape index (κ3) is 5.88. The first kappa shape index (κ1) is 23.8. The summed E-state index contributed by atoms with van der Waals surface area (Å²) < 4.78 is 10.5. The molecule has 2 aromatic rings. The summed E-state index contributed by atoms with van der Waals surface area (Å²) in [6, 6.07) is 11.9. The van der Waals surface area contributed by atoms with Crippen molar-refractivity contribution in [3.63, 3.8) is 0 Å². The molecule has 0 radical (unpaired) electrons. The van der Waals surface area contributed by atoms with Crippen molar-refractivity contribution >= 4 is 11.9 Å². The van der Waals surface area contributed by atoms with Crippen molar-refractivity contribution in [1.29, 1.82) is 0 Å². The number of nitrogens with one attached hydrogen (secondary N) is 1. The summed E-state index contributed by atoms with van der Waals surface area (Å²) in [5, 5.41) is 3.12. The lowest BCUT2D eigenvalue weighted by Crippen LogP contribution is -2.38. The third-order valence-electron chi connectivity index (χ3n) is 6.23. The van der Waals surface area contributed by atoms with Gasteiger partial charge in [-0.25, -0.2) is 0 Å². The number of nitrogens with zero attached hydrogens (tertiary/aromatic N) is 1. The number of aryl methyl sites for hydroxylation is 4. The Balaban J connectivity index is 1.63. The SMILES string of the molecule is COC(=O)[C@@H]1C[C@@H](NC(=O)CCc2ccc(C)cc2)CN1Cc1cc(C)c(OC)cc1C. The molecule has 2 aromatic carbocycles. The van der Waals surface area contributed by atoms with Gasteiger partial charge in [0, 0.05) is 25.6 Å². The molecule has 0 unspecified atom stereocenters. The molecular formula is C26H34N2O4. The van der Waals surface area contributed by atoms with Crippen molar-refractivity contribution in [3.05, 3.63) is 64.2 Å². The highest BCUT2D eigenvalue weighted by Crippen LogP contribution is 2.27. The van der Waals surface area contributed by atoms with E-state index in [1.165, 1.54) is 12.7 Å². The monoisotopic (exact) mass is 438 g/mol. The molecule has 6 heteroatoms. The number of benzene rings is 2. The van der Waals surface area contributed by atoms with Crippen LogP contribution in [0.1, 0.15) is 40.7 Å². The van der Waals surface area contributed by atoms with Crippen LogP contribution in [0.25, 0.3) is 0 Å². The molecule has 172 valence electrons. The van der Waals surface area contributed by atoms with Crippen LogP contribution in [0.5, 0.6) is 5.75 Å². The Bertz CT molecular complexity index is 955. The van der Waals surface area contributed by atoms with Gasteiger partial charge in [0.15, 0.2) is 0 Å². The zero-order chi connectivity index (χ0) is 23.3. The minimum atomic E-state index is -0.371. The molecule has 0 spiro atoms. The summed E-state index contributed by atoms with van der Waals surface area (Å²) in [7, 11) is 3.08. The van der Waals surface area contributed by atoms with Crippen LogP contribution in [-0.2, 0) is 27.3 Å². The van der Waals surface area contributed by atoms with Crippen molar-refractivity contribution in [1.82, 2.24) is 10.2 Å². The molecule has 1 aliphatic heterocycles. The molecule has 1 heterocycles. The molecule has 1 N–H and O–H groups in total. The summed E-state index contributed by atoms with van der Waals surface area (Å²) in [5.41, 5.74) is 5.67. The van der Waals surface area contributed by atoms with Crippen molar-refractivity contribution in [2.45, 2.75) is 58.7 Å². The largest absolute Gasteiger partial charge is 0.496 e. The molecule has 6 nitrogen and oxygen atoms in total. The molecule has 1 amide bonds. The quantitative estimate of drug-likeness (QED) is 0.639. The summed E-state index contributed by atoms with van der Waals surface area (Å²) in [6.45, 7) is 7.34. The number of methoxy groups -OCH3 is 2. The lowest BCUT2D eigenvalue weighted by Gasteiger charge is -2.23. The lowest BCUT2D eigenvalue weighted by atomic mass is 10.0. The van der Waals surface area contributed by atoms with Gasteiger partial charge in [0.2, 0.25) is 5.91 Å².